The quantitative estimate of drug-likeness (QED) is 0.447. The molecule has 1 fully saturated rings. The van der Waals surface area contributed by atoms with E-state index >= 15 is 0 Å². The van der Waals surface area contributed by atoms with Crippen LogP contribution in [0.5, 0.6) is 11.5 Å². The Kier molecular flexibility index (Phi) is 5.53. The molecular formula is C24H24ClN3O4. The zero-order valence-corrected chi connectivity index (χ0v) is 18.8. The predicted molar refractivity (Wildman–Crippen MR) is 124 cm³/mol. The molecule has 8 heteroatoms. The van der Waals surface area contributed by atoms with Crippen LogP contribution in [0.3, 0.4) is 0 Å². The van der Waals surface area contributed by atoms with Gasteiger partial charge >= 0.3 is 0 Å². The van der Waals surface area contributed by atoms with Gasteiger partial charge in [-0.05, 0) is 43.2 Å². The average Bonchev–Trinajstić information content (AvgIpc) is 3.28. The summed E-state index contributed by atoms with van der Waals surface area (Å²) in [5.41, 5.74) is 2.38. The maximum atomic E-state index is 13.7. The van der Waals surface area contributed by atoms with Gasteiger partial charge in [-0.25, -0.2) is 0 Å². The molecule has 0 unspecified atom stereocenters. The molecule has 1 aliphatic heterocycles. The summed E-state index contributed by atoms with van der Waals surface area (Å²) in [4.78, 5) is 13.7. The van der Waals surface area contributed by atoms with Gasteiger partial charge in [0.2, 0.25) is 0 Å². The van der Waals surface area contributed by atoms with E-state index in [2.05, 4.69) is 5.10 Å². The van der Waals surface area contributed by atoms with Crippen LogP contribution >= 0.6 is 11.6 Å². The molecule has 0 atom stereocenters. The Hall–Kier alpha value is -3.03. The summed E-state index contributed by atoms with van der Waals surface area (Å²) in [6.45, 7) is 1.73. The summed E-state index contributed by atoms with van der Waals surface area (Å²) in [6, 6.07) is 11.5. The molecule has 3 heterocycles. The first kappa shape index (κ1) is 20.8. The van der Waals surface area contributed by atoms with E-state index in [0.717, 1.165) is 34.8 Å². The third-order valence-electron chi connectivity index (χ3n) is 6.14. The van der Waals surface area contributed by atoms with Crippen molar-refractivity contribution >= 4 is 33.4 Å². The molecule has 7 nitrogen and oxygen atoms in total. The van der Waals surface area contributed by atoms with Crippen LogP contribution in [-0.4, -0.2) is 41.8 Å². The van der Waals surface area contributed by atoms with Gasteiger partial charge in [-0.15, -0.1) is 0 Å². The fraction of sp³-hybridized carbons (Fsp3) is 0.333. The fourth-order valence-corrected chi connectivity index (χ4v) is 4.65. The summed E-state index contributed by atoms with van der Waals surface area (Å²) in [5, 5.41) is 6.74. The van der Waals surface area contributed by atoms with Crippen LogP contribution in [0.15, 0.2) is 47.4 Å². The molecule has 0 spiro atoms. The van der Waals surface area contributed by atoms with E-state index in [4.69, 9.17) is 25.8 Å². The molecule has 4 aromatic rings. The second kappa shape index (κ2) is 8.48. The number of nitrogens with zero attached hydrogens (tertiary/aromatic N) is 3. The Morgan fingerprint density at radius 3 is 2.66 bits per heavy atom. The highest BCUT2D eigenvalue weighted by Gasteiger charge is 2.23. The summed E-state index contributed by atoms with van der Waals surface area (Å²) >= 11 is 6.36. The first-order valence-electron chi connectivity index (χ1n) is 10.6. The number of methoxy groups -OCH3 is 2. The zero-order valence-electron chi connectivity index (χ0n) is 18.0. The molecule has 166 valence electrons. The number of pyridine rings is 1. The van der Waals surface area contributed by atoms with E-state index in [0.29, 0.717) is 41.7 Å². The molecule has 32 heavy (non-hydrogen) atoms. The van der Waals surface area contributed by atoms with Gasteiger partial charge < -0.3 is 18.8 Å². The molecular weight excluding hydrogens is 430 g/mol. The summed E-state index contributed by atoms with van der Waals surface area (Å²) < 4.78 is 20.1. The monoisotopic (exact) mass is 453 g/mol. The predicted octanol–water partition coefficient (Wildman–Crippen LogP) is 4.42. The first-order chi connectivity index (χ1) is 15.6. The molecule has 0 amide bonds. The Balaban J connectivity index is 1.72. The van der Waals surface area contributed by atoms with Crippen molar-refractivity contribution in [2.75, 3.05) is 27.4 Å². The van der Waals surface area contributed by atoms with Gasteiger partial charge in [0, 0.05) is 35.3 Å². The summed E-state index contributed by atoms with van der Waals surface area (Å²) in [6.07, 6.45) is 3.43. The van der Waals surface area contributed by atoms with Crippen LogP contribution in [0.2, 0.25) is 5.02 Å². The Bertz CT molecular complexity index is 1360. The van der Waals surface area contributed by atoms with E-state index in [-0.39, 0.29) is 11.6 Å². The maximum absolute atomic E-state index is 13.7. The Labute approximate surface area is 190 Å². The van der Waals surface area contributed by atoms with Crippen molar-refractivity contribution in [3.63, 3.8) is 0 Å². The van der Waals surface area contributed by atoms with Crippen molar-refractivity contribution in [1.29, 1.82) is 0 Å². The number of rotatable bonds is 5. The molecule has 5 rings (SSSR count). The van der Waals surface area contributed by atoms with Crippen LogP contribution in [0.1, 0.15) is 24.4 Å². The van der Waals surface area contributed by atoms with Gasteiger partial charge in [0.1, 0.15) is 11.5 Å². The van der Waals surface area contributed by atoms with Gasteiger partial charge in [-0.2, -0.15) is 5.10 Å². The molecule has 0 N–H and O–H groups in total. The van der Waals surface area contributed by atoms with Crippen LogP contribution < -0.4 is 15.0 Å². The number of benzene rings is 2. The lowest BCUT2D eigenvalue weighted by Gasteiger charge is -2.24. The molecule has 2 aromatic heterocycles. The van der Waals surface area contributed by atoms with Crippen molar-refractivity contribution in [1.82, 2.24) is 14.3 Å². The smallest absolute Gasteiger partial charge is 0.262 e. The van der Waals surface area contributed by atoms with Gasteiger partial charge in [0.15, 0.2) is 0 Å². The number of aromatic nitrogens is 3. The van der Waals surface area contributed by atoms with E-state index in [9.17, 15) is 4.79 Å². The van der Waals surface area contributed by atoms with Crippen LogP contribution in [-0.2, 0) is 11.3 Å². The Morgan fingerprint density at radius 2 is 1.91 bits per heavy atom. The minimum atomic E-state index is -0.106. The number of fused-ring (bicyclic) bond motifs is 3. The van der Waals surface area contributed by atoms with Gasteiger partial charge in [0.05, 0.1) is 49.4 Å². The standard InChI is InChI=1S/C24H24ClN3O4/c1-30-18-5-3-15(22(12-18)31-2)14-27-21-11-16(25)4-6-19(21)23-20(24(27)29)13-26-28(23)17-7-9-32-10-8-17/h3-6,11-13,17H,7-10,14H2,1-2H3. The number of hydrogen-bond donors (Lipinski definition) is 0. The first-order valence-corrected chi connectivity index (χ1v) is 11.0. The van der Waals surface area contributed by atoms with Gasteiger partial charge in [-0.3, -0.25) is 9.48 Å². The van der Waals surface area contributed by atoms with Crippen molar-refractivity contribution in [2.45, 2.75) is 25.4 Å². The van der Waals surface area contributed by atoms with E-state index < -0.39 is 0 Å². The normalized spacial score (nSPS) is 14.8. The maximum Gasteiger partial charge on any atom is 0.262 e. The highest BCUT2D eigenvalue weighted by atomic mass is 35.5. The van der Waals surface area contributed by atoms with Crippen LogP contribution in [0.25, 0.3) is 21.8 Å². The Morgan fingerprint density at radius 1 is 1.09 bits per heavy atom. The molecule has 1 saturated heterocycles. The topological polar surface area (TPSA) is 67.5 Å². The molecule has 0 saturated carbocycles. The molecule has 2 aromatic carbocycles. The van der Waals surface area contributed by atoms with Gasteiger partial charge in [-0.1, -0.05) is 11.6 Å². The van der Waals surface area contributed by atoms with E-state index in [1.54, 1.807) is 25.0 Å². The van der Waals surface area contributed by atoms with E-state index in [1.165, 1.54) is 0 Å². The second-order valence-electron chi connectivity index (χ2n) is 7.93. The molecule has 0 aliphatic carbocycles. The van der Waals surface area contributed by atoms with Crippen molar-refractivity contribution in [2.24, 2.45) is 0 Å². The summed E-state index contributed by atoms with van der Waals surface area (Å²) in [5.74, 6) is 1.35. The average molecular weight is 454 g/mol. The van der Waals surface area contributed by atoms with Gasteiger partial charge in [0.25, 0.3) is 5.56 Å². The lowest BCUT2D eigenvalue weighted by Crippen LogP contribution is -2.23. The fourth-order valence-electron chi connectivity index (χ4n) is 4.49. The highest BCUT2D eigenvalue weighted by Crippen LogP contribution is 2.32. The minimum absolute atomic E-state index is 0.106. The lowest BCUT2D eigenvalue weighted by atomic mass is 10.1. The van der Waals surface area contributed by atoms with Crippen LogP contribution in [0, 0.1) is 0 Å². The SMILES string of the molecule is COc1ccc(Cn2c(=O)c3cnn(C4CCOCC4)c3c3ccc(Cl)cc32)c(OC)c1. The highest BCUT2D eigenvalue weighted by molar-refractivity contribution is 6.31. The molecule has 0 radical (unpaired) electrons. The van der Waals surface area contributed by atoms with Crippen molar-refractivity contribution in [3.8, 4) is 11.5 Å². The largest absolute Gasteiger partial charge is 0.497 e. The zero-order chi connectivity index (χ0) is 22.2. The third-order valence-corrected chi connectivity index (χ3v) is 6.37. The van der Waals surface area contributed by atoms with Crippen molar-refractivity contribution < 1.29 is 14.2 Å². The van der Waals surface area contributed by atoms with Crippen molar-refractivity contribution in [3.05, 3.63) is 63.5 Å². The third kappa shape index (κ3) is 3.51. The molecule has 0 bridgehead atoms. The number of halogens is 1. The molecule has 1 aliphatic rings. The summed E-state index contributed by atoms with van der Waals surface area (Å²) in [7, 11) is 3.22. The number of hydrogen-bond acceptors (Lipinski definition) is 5. The number of ether oxygens (including phenoxy) is 3. The second-order valence-corrected chi connectivity index (χ2v) is 8.36. The van der Waals surface area contributed by atoms with Crippen LogP contribution in [0.4, 0.5) is 0 Å². The van der Waals surface area contributed by atoms with E-state index in [1.807, 2.05) is 41.1 Å². The minimum Gasteiger partial charge on any atom is -0.497 e. The lowest BCUT2D eigenvalue weighted by molar-refractivity contribution is 0.0675.